The van der Waals surface area contributed by atoms with E-state index in [0.717, 1.165) is 11.1 Å². The lowest BCUT2D eigenvalue weighted by molar-refractivity contribution is -0.149. The van der Waals surface area contributed by atoms with Crippen molar-refractivity contribution in [1.29, 1.82) is 0 Å². The first-order valence-corrected chi connectivity index (χ1v) is 6.71. The van der Waals surface area contributed by atoms with Gasteiger partial charge in [-0.1, -0.05) is 59.7 Å². The molecule has 0 fully saturated rings. The molecule has 0 saturated heterocycles. The van der Waals surface area contributed by atoms with E-state index < -0.39 is 11.9 Å². The highest BCUT2D eigenvalue weighted by atomic mass is 16.6. The molecule has 2 aromatic carbocycles. The molecule has 0 bridgehead atoms. The van der Waals surface area contributed by atoms with Gasteiger partial charge in [0.25, 0.3) is 0 Å². The smallest absolute Gasteiger partial charge is 0.347 e. The third-order valence-corrected chi connectivity index (χ3v) is 3.46. The molecule has 0 spiro atoms. The number of ether oxygens (including phenoxy) is 1. The highest BCUT2D eigenvalue weighted by molar-refractivity contribution is 6.44. The highest BCUT2D eigenvalue weighted by Gasteiger charge is 2.34. The van der Waals surface area contributed by atoms with Gasteiger partial charge in [0, 0.05) is 0 Å². The minimum atomic E-state index is -0.581. The average molecular weight is 278 g/mol. The van der Waals surface area contributed by atoms with Gasteiger partial charge in [-0.05, 0) is 25.0 Å². The summed E-state index contributed by atoms with van der Waals surface area (Å²) in [6.07, 6.45) is 0. The SMILES string of the molecule is Cc1cccc(C2=C(c3cccc(C)c3)C(=O)OC2=O)c1. The average Bonchev–Trinajstić information content (AvgIpc) is 2.73. The molecule has 104 valence electrons. The van der Waals surface area contributed by atoms with E-state index in [1.165, 1.54) is 0 Å². The van der Waals surface area contributed by atoms with Gasteiger partial charge in [0.05, 0.1) is 11.1 Å². The standard InChI is InChI=1S/C18H14O3/c1-11-5-3-7-13(9-11)15-16(18(20)21-17(15)19)14-8-4-6-12(2)10-14/h3-10H,1-2H3. The summed E-state index contributed by atoms with van der Waals surface area (Å²) in [5.74, 6) is -1.16. The predicted molar refractivity (Wildman–Crippen MR) is 80.3 cm³/mol. The molecular formula is C18H14O3. The molecular weight excluding hydrogens is 264 g/mol. The van der Waals surface area contributed by atoms with Crippen molar-refractivity contribution in [2.24, 2.45) is 0 Å². The van der Waals surface area contributed by atoms with Crippen molar-refractivity contribution < 1.29 is 14.3 Å². The quantitative estimate of drug-likeness (QED) is 0.625. The van der Waals surface area contributed by atoms with Gasteiger partial charge in [-0.25, -0.2) is 9.59 Å². The second kappa shape index (κ2) is 5.02. The maximum absolute atomic E-state index is 12.1. The normalized spacial score (nSPS) is 14.6. The number of carbonyl (C=O) groups is 2. The molecule has 0 amide bonds. The van der Waals surface area contributed by atoms with E-state index in [-0.39, 0.29) is 0 Å². The number of hydrogen-bond donors (Lipinski definition) is 0. The third kappa shape index (κ3) is 2.38. The summed E-state index contributed by atoms with van der Waals surface area (Å²) in [6.45, 7) is 3.89. The molecule has 0 unspecified atom stereocenters. The maximum atomic E-state index is 12.1. The molecule has 3 heteroatoms. The van der Waals surface area contributed by atoms with Crippen molar-refractivity contribution in [3.63, 3.8) is 0 Å². The van der Waals surface area contributed by atoms with Crippen molar-refractivity contribution in [1.82, 2.24) is 0 Å². The Labute approximate surface area is 122 Å². The van der Waals surface area contributed by atoms with E-state index in [2.05, 4.69) is 0 Å². The van der Waals surface area contributed by atoms with Gasteiger partial charge in [-0.15, -0.1) is 0 Å². The number of carbonyl (C=O) groups excluding carboxylic acids is 2. The molecule has 3 rings (SSSR count). The Bertz CT molecular complexity index is 719. The first kappa shape index (κ1) is 13.3. The number of hydrogen-bond acceptors (Lipinski definition) is 3. The Hall–Kier alpha value is -2.68. The van der Waals surface area contributed by atoms with Gasteiger partial charge >= 0.3 is 11.9 Å². The first-order chi connectivity index (χ1) is 10.1. The molecule has 1 heterocycles. The van der Waals surface area contributed by atoms with Crippen LogP contribution in [0, 0.1) is 13.8 Å². The molecule has 0 aliphatic carbocycles. The Morgan fingerprint density at radius 1 is 0.714 bits per heavy atom. The molecule has 1 aliphatic heterocycles. The number of benzene rings is 2. The van der Waals surface area contributed by atoms with Crippen LogP contribution in [0.5, 0.6) is 0 Å². The Morgan fingerprint density at radius 3 is 1.52 bits per heavy atom. The molecule has 1 aliphatic rings. The zero-order valence-corrected chi connectivity index (χ0v) is 11.8. The highest BCUT2D eigenvalue weighted by Crippen LogP contribution is 2.34. The summed E-state index contributed by atoms with van der Waals surface area (Å²) >= 11 is 0. The maximum Gasteiger partial charge on any atom is 0.347 e. The number of cyclic esters (lactones) is 2. The molecule has 21 heavy (non-hydrogen) atoms. The van der Waals surface area contributed by atoms with Crippen LogP contribution in [0.4, 0.5) is 0 Å². The Kier molecular flexibility index (Phi) is 3.18. The molecule has 3 nitrogen and oxygen atoms in total. The van der Waals surface area contributed by atoms with Crippen LogP contribution in [0.25, 0.3) is 11.1 Å². The zero-order valence-electron chi connectivity index (χ0n) is 11.8. The largest absolute Gasteiger partial charge is 0.386 e. The van der Waals surface area contributed by atoms with E-state index in [1.807, 2.05) is 62.4 Å². The molecule has 0 saturated carbocycles. The Balaban J connectivity index is 2.25. The van der Waals surface area contributed by atoms with Gasteiger partial charge in [0.15, 0.2) is 0 Å². The molecule has 0 aromatic heterocycles. The lowest BCUT2D eigenvalue weighted by Crippen LogP contribution is -2.02. The lowest BCUT2D eigenvalue weighted by atomic mass is 9.95. The van der Waals surface area contributed by atoms with Gasteiger partial charge in [0.1, 0.15) is 0 Å². The van der Waals surface area contributed by atoms with Crippen LogP contribution in [-0.4, -0.2) is 11.9 Å². The summed E-state index contributed by atoms with van der Waals surface area (Å²) in [7, 11) is 0. The fourth-order valence-corrected chi connectivity index (χ4v) is 2.52. The lowest BCUT2D eigenvalue weighted by Gasteiger charge is -2.05. The van der Waals surface area contributed by atoms with Crippen LogP contribution < -0.4 is 0 Å². The first-order valence-electron chi connectivity index (χ1n) is 6.71. The van der Waals surface area contributed by atoms with Crippen LogP contribution in [0.2, 0.25) is 0 Å². The number of aryl methyl sites for hydroxylation is 2. The van der Waals surface area contributed by atoms with Gasteiger partial charge in [0.2, 0.25) is 0 Å². The summed E-state index contributed by atoms with van der Waals surface area (Å²) in [4.78, 5) is 24.1. The number of esters is 2. The predicted octanol–water partition coefficient (Wildman–Crippen LogP) is 3.30. The topological polar surface area (TPSA) is 43.4 Å². The van der Waals surface area contributed by atoms with Gasteiger partial charge in [-0.2, -0.15) is 0 Å². The minimum Gasteiger partial charge on any atom is -0.386 e. The van der Waals surface area contributed by atoms with E-state index >= 15 is 0 Å². The van der Waals surface area contributed by atoms with Gasteiger partial charge < -0.3 is 4.74 Å². The number of rotatable bonds is 2. The third-order valence-electron chi connectivity index (χ3n) is 3.46. The fourth-order valence-electron chi connectivity index (χ4n) is 2.52. The summed E-state index contributed by atoms with van der Waals surface area (Å²) in [6, 6.07) is 15.0. The van der Waals surface area contributed by atoms with Crippen molar-refractivity contribution in [2.45, 2.75) is 13.8 Å². The van der Waals surface area contributed by atoms with Crippen LogP contribution >= 0.6 is 0 Å². The summed E-state index contributed by atoms with van der Waals surface area (Å²) < 4.78 is 4.82. The van der Waals surface area contributed by atoms with Crippen molar-refractivity contribution in [3.05, 3.63) is 70.8 Å². The van der Waals surface area contributed by atoms with E-state index in [1.54, 1.807) is 0 Å². The summed E-state index contributed by atoms with van der Waals surface area (Å²) in [5, 5.41) is 0. The second-order valence-electron chi connectivity index (χ2n) is 5.17. The minimum absolute atomic E-state index is 0.342. The van der Waals surface area contributed by atoms with Crippen LogP contribution in [-0.2, 0) is 14.3 Å². The second-order valence-corrected chi connectivity index (χ2v) is 5.17. The van der Waals surface area contributed by atoms with E-state index in [9.17, 15) is 9.59 Å². The zero-order chi connectivity index (χ0) is 15.0. The van der Waals surface area contributed by atoms with Crippen LogP contribution in [0.15, 0.2) is 48.5 Å². The van der Waals surface area contributed by atoms with E-state index in [0.29, 0.717) is 22.3 Å². The molecule has 0 N–H and O–H groups in total. The molecule has 2 aromatic rings. The summed E-state index contributed by atoms with van der Waals surface area (Å²) in [5.41, 5.74) is 4.15. The van der Waals surface area contributed by atoms with Crippen molar-refractivity contribution >= 4 is 23.1 Å². The van der Waals surface area contributed by atoms with Crippen LogP contribution in [0.3, 0.4) is 0 Å². The molecule has 0 atom stereocenters. The van der Waals surface area contributed by atoms with Crippen LogP contribution in [0.1, 0.15) is 22.3 Å². The van der Waals surface area contributed by atoms with Crippen molar-refractivity contribution in [2.75, 3.05) is 0 Å². The van der Waals surface area contributed by atoms with E-state index in [4.69, 9.17) is 4.74 Å². The Morgan fingerprint density at radius 2 is 1.14 bits per heavy atom. The van der Waals surface area contributed by atoms with Crippen molar-refractivity contribution in [3.8, 4) is 0 Å². The fraction of sp³-hybridized carbons (Fsp3) is 0.111. The van der Waals surface area contributed by atoms with Gasteiger partial charge in [-0.3, -0.25) is 0 Å². The molecule has 0 radical (unpaired) electrons. The monoisotopic (exact) mass is 278 g/mol.